The minimum atomic E-state index is -0.240. The molecular weight excluding hydrogens is 394 g/mol. The minimum absolute atomic E-state index is 0.0463. The third kappa shape index (κ3) is 5.34. The number of piperidine rings is 1. The lowest BCUT2D eigenvalue weighted by Crippen LogP contribution is -2.43. The number of amides is 2. The third-order valence-electron chi connectivity index (χ3n) is 6.13. The van der Waals surface area contributed by atoms with Gasteiger partial charge in [0.1, 0.15) is 11.5 Å². The Hall–Kier alpha value is -3.09. The van der Waals surface area contributed by atoms with E-state index in [2.05, 4.69) is 4.98 Å². The number of rotatable bonds is 7. The molecule has 1 aromatic carbocycles. The van der Waals surface area contributed by atoms with Crippen molar-refractivity contribution in [1.29, 1.82) is 0 Å². The van der Waals surface area contributed by atoms with Gasteiger partial charge in [0.05, 0.1) is 19.6 Å². The Morgan fingerprint density at radius 2 is 1.87 bits per heavy atom. The van der Waals surface area contributed by atoms with Crippen LogP contribution in [-0.2, 0) is 16.1 Å². The van der Waals surface area contributed by atoms with Crippen LogP contribution in [0.25, 0.3) is 0 Å². The molecule has 1 atom stereocenters. The number of methoxy groups -OCH3 is 1. The average Bonchev–Trinajstić information content (AvgIpc) is 3.18. The van der Waals surface area contributed by atoms with E-state index in [1.807, 2.05) is 41.3 Å². The minimum Gasteiger partial charge on any atom is -0.497 e. The number of carbonyl (C=O) groups excluding carboxylic acids is 2. The maximum atomic E-state index is 13.0. The van der Waals surface area contributed by atoms with E-state index in [4.69, 9.17) is 9.47 Å². The van der Waals surface area contributed by atoms with E-state index in [0.717, 1.165) is 43.0 Å². The summed E-state index contributed by atoms with van der Waals surface area (Å²) in [6.45, 7) is 3.11. The van der Waals surface area contributed by atoms with E-state index in [9.17, 15) is 9.59 Å². The monoisotopic (exact) mass is 423 g/mol. The number of ether oxygens (including phenoxy) is 2. The molecule has 7 nitrogen and oxygen atoms in total. The van der Waals surface area contributed by atoms with Crippen LogP contribution in [0.15, 0.2) is 48.8 Å². The number of hydrogen-bond donors (Lipinski definition) is 0. The maximum absolute atomic E-state index is 13.0. The van der Waals surface area contributed by atoms with Crippen LogP contribution in [0.4, 0.5) is 0 Å². The summed E-state index contributed by atoms with van der Waals surface area (Å²) in [6.07, 6.45) is 5.62. The number of carbonyl (C=O) groups is 2. The third-order valence-corrected chi connectivity index (χ3v) is 6.13. The van der Waals surface area contributed by atoms with Crippen LogP contribution in [0.3, 0.4) is 0 Å². The Kier molecular flexibility index (Phi) is 6.70. The lowest BCUT2D eigenvalue weighted by atomic mass is 9.96. The van der Waals surface area contributed by atoms with E-state index in [1.165, 1.54) is 0 Å². The van der Waals surface area contributed by atoms with Crippen LogP contribution in [0, 0.1) is 11.8 Å². The van der Waals surface area contributed by atoms with Crippen LogP contribution >= 0.6 is 0 Å². The lowest BCUT2D eigenvalue weighted by Gasteiger charge is -2.33. The number of pyridine rings is 1. The topological polar surface area (TPSA) is 72.0 Å². The summed E-state index contributed by atoms with van der Waals surface area (Å²) in [7, 11) is 1.64. The first-order valence-electron chi connectivity index (χ1n) is 10.8. The van der Waals surface area contributed by atoms with Crippen molar-refractivity contribution in [2.75, 3.05) is 33.4 Å². The zero-order valence-corrected chi connectivity index (χ0v) is 17.9. The standard InChI is InChI=1S/C24H29N3O4/c1-30-21-4-6-22(7-5-21)31-17-18-8-11-26(12-9-18)24(29)20-13-23(28)27(16-20)15-19-3-2-10-25-14-19/h2-7,10,14,18,20H,8-9,11-13,15-17H2,1H3/t20-/m0/s1. The van der Waals surface area contributed by atoms with Crippen LogP contribution in [0.5, 0.6) is 11.5 Å². The second kappa shape index (κ2) is 9.81. The highest BCUT2D eigenvalue weighted by atomic mass is 16.5. The molecule has 2 aromatic rings. The molecule has 0 radical (unpaired) electrons. The molecule has 1 aromatic heterocycles. The summed E-state index contributed by atoms with van der Waals surface area (Å²) in [5.41, 5.74) is 0.988. The fourth-order valence-corrected chi connectivity index (χ4v) is 4.27. The van der Waals surface area contributed by atoms with Gasteiger partial charge in [-0.3, -0.25) is 14.6 Å². The second-order valence-electron chi connectivity index (χ2n) is 8.29. The SMILES string of the molecule is COc1ccc(OCC2CCN(C(=O)[C@H]3CC(=O)N(Cc4cccnc4)C3)CC2)cc1. The van der Waals surface area contributed by atoms with Crippen molar-refractivity contribution in [3.63, 3.8) is 0 Å². The molecule has 0 N–H and O–H groups in total. The first-order chi connectivity index (χ1) is 15.1. The molecule has 0 bridgehead atoms. The zero-order chi connectivity index (χ0) is 21.6. The van der Waals surface area contributed by atoms with Gasteiger partial charge in [-0.25, -0.2) is 0 Å². The number of benzene rings is 1. The number of aromatic nitrogens is 1. The van der Waals surface area contributed by atoms with Gasteiger partial charge >= 0.3 is 0 Å². The van der Waals surface area contributed by atoms with E-state index >= 15 is 0 Å². The summed E-state index contributed by atoms with van der Waals surface area (Å²) >= 11 is 0. The molecule has 2 aliphatic heterocycles. The van der Waals surface area contributed by atoms with Crippen molar-refractivity contribution < 1.29 is 19.1 Å². The highest BCUT2D eigenvalue weighted by Gasteiger charge is 2.37. The molecule has 3 heterocycles. The molecule has 164 valence electrons. The summed E-state index contributed by atoms with van der Waals surface area (Å²) < 4.78 is 11.1. The van der Waals surface area contributed by atoms with Crippen LogP contribution < -0.4 is 9.47 Å². The second-order valence-corrected chi connectivity index (χ2v) is 8.29. The lowest BCUT2D eigenvalue weighted by molar-refractivity contribution is -0.137. The Morgan fingerprint density at radius 1 is 1.13 bits per heavy atom. The predicted octanol–water partition coefficient (Wildman–Crippen LogP) is 2.76. The fourth-order valence-electron chi connectivity index (χ4n) is 4.27. The van der Waals surface area contributed by atoms with E-state index in [0.29, 0.717) is 32.0 Å². The molecular formula is C24H29N3O4. The number of likely N-dealkylation sites (tertiary alicyclic amines) is 2. The van der Waals surface area contributed by atoms with Crippen LogP contribution in [0.1, 0.15) is 24.8 Å². The van der Waals surface area contributed by atoms with Crippen molar-refractivity contribution >= 4 is 11.8 Å². The van der Waals surface area contributed by atoms with Gasteiger partial charge in [0.2, 0.25) is 11.8 Å². The average molecular weight is 424 g/mol. The molecule has 2 amide bonds. The molecule has 2 fully saturated rings. The largest absolute Gasteiger partial charge is 0.497 e. The van der Waals surface area contributed by atoms with Gasteiger partial charge in [0, 0.05) is 45.0 Å². The van der Waals surface area contributed by atoms with Crippen molar-refractivity contribution in [2.24, 2.45) is 11.8 Å². The maximum Gasteiger partial charge on any atom is 0.227 e. The van der Waals surface area contributed by atoms with Gasteiger partial charge in [-0.1, -0.05) is 6.07 Å². The highest BCUT2D eigenvalue weighted by molar-refractivity contribution is 5.89. The molecule has 0 spiro atoms. The quantitative estimate of drug-likeness (QED) is 0.685. The molecule has 0 saturated carbocycles. The fraction of sp³-hybridized carbons (Fsp3) is 0.458. The molecule has 0 aliphatic carbocycles. The van der Waals surface area contributed by atoms with Crippen molar-refractivity contribution in [1.82, 2.24) is 14.8 Å². The van der Waals surface area contributed by atoms with E-state index in [-0.39, 0.29) is 17.7 Å². The molecule has 2 saturated heterocycles. The summed E-state index contributed by atoms with van der Waals surface area (Å²) in [5.74, 6) is 1.98. The van der Waals surface area contributed by atoms with E-state index < -0.39 is 0 Å². The summed E-state index contributed by atoms with van der Waals surface area (Å²) in [5, 5.41) is 0. The molecule has 4 rings (SSSR count). The number of hydrogen-bond acceptors (Lipinski definition) is 5. The smallest absolute Gasteiger partial charge is 0.227 e. The Balaban J connectivity index is 1.22. The zero-order valence-electron chi connectivity index (χ0n) is 17.9. The molecule has 2 aliphatic rings. The van der Waals surface area contributed by atoms with Crippen molar-refractivity contribution in [2.45, 2.75) is 25.8 Å². The normalized spacial score (nSPS) is 19.5. The van der Waals surface area contributed by atoms with Gasteiger partial charge in [-0.2, -0.15) is 0 Å². The Bertz CT molecular complexity index is 879. The number of nitrogens with zero attached hydrogens (tertiary/aromatic N) is 3. The van der Waals surface area contributed by atoms with Gasteiger partial charge in [0.15, 0.2) is 0 Å². The van der Waals surface area contributed by atoms with Gasteiger partial charge in [-0.15, -0.1) is 0 Å². The first kappa shape index (κ1) is 21.2. The van der Waals surface area contributed by atoms with Gasteiger partial charge < -0.3 is 19.3 Å². The van der Waals surface area contributed by atoms with Gasteiger partial charge in [-0.05, 0) is 54.7 Å². The highest BCUT2D eigenvalue weighted by Crippen LogP contribution is 2.26. The van der Waals surface area contributed by atoms with Crippen molar-refractivity contribution in [3.05, 3.63) is 54.4 Å². The van der Waals surface area contributed by atoms with Crippen molar-refractivity contribution in [3.8, 4) is 11.5 Å². The first-order valence-corrected chi connectivity index (χ1v) is 10.8. The van der Waals surface area contributed by atoms with Crippen LogP contribution in [-0.4, -0.2) is 59.9 Å². The molecule has 7 heteroatoms. The summed E-state index contributed by atoms with van der Waals surface area (Å²) in [6, 6.07) is 11.4. The summed E-state index contributed by atoms with van der Waals surface area (Å²) in [4.78, 5) is 33.2. The Labute approximate surface area is 183 Å². The molecule has 0 unspecified atom stereocenters. The van der Waals surface area contributed by atoms with Crippen LogP contribution in [0.2, 0.25) is 0 Å². The Morgan fingerprint density at radius 3 is 2.55 bits per heavy atom. The van der Waals surface area contributed by atoms with Gasteiger partial charge in [0.25, 0.3) is 0 Å². The predicted molar refractivity (Wildman–Crippen MR) is 116 cm³/mol. The van der Waals surface area contributed by atoms with E-state index in [1.54, 1.807) is 24.4 Å². The molecule has 31 heavy (non-hydrogen) atoms.